The predicted molar refractivity (Wildman–Crippen MR) is 69.7 cm³/mol. The van der Waals surface area contributed by atoms with Crippen molar-refractivity contribution < 1.29 is 0 Å². The first-order valence-corrected chi connectivity index (χ1v) is 6.18. The zero-order valence-corrected chi connectivity index (χ0v) is 11.0. The van der Waals surface area contributed by atoms with Crippen LogP contribution in [0.5, 0.6) is 0 Å². The quantitative estimate of drug-likeness (QED) is 0.777. The van der Waals surface area contributed by atoms with Gasteiger partial charge in [-0.1, -0.05) is 31.2 Å². The first-order valence-electron chi connectivity index (χ1n) is 5.74. The Labute approximate surface area is 106 Å². The van der Waals surface area contributed by atoms with Gasteiger partial charge in [-0.05, 0) is 30.5 Å². The van der Waals surface area contributed by atoms with Crippen molar-refractivity contribution in [3.63, 3.8) is 0 Å². The highest BCUT2D eigenvalue weighted by molar-refractivity contribution is 6.20. The van der Waals surface area contributed by atoms with Gasteiger partial charge in [-0.25, -0.2) is 4.68 Å². The van der Waals surface area contributed by atoms with Crippen LogP contribution in [0, 0.1) is 0 Å². The van der Waals surface area contributed by atoms with Crippen LogP contribution in [0.4, 0.5) is 0 Å². The van der Waals surface area contributed by atoms with Gasteiger partial charge in [0, 0.05) is 0 Å². The van der Waals surface area contributed by atoms with Crippen molar-refractivity contribution in [3.05, 3.63) is 41.7 Å². The molecule has 90 valence electrons. The molecular formula is C13H16ClN3. The molecule has 3 nitrogen and oxygen atoms in total. The number of alkyl halides is 1. The van der Waals surface area contributed by atoms with E-state index in [0.717, 1.165) is 11.4 Å². The van der Waals surface area contributed by atoms with Crippen LogP contribution in [0.2, 0.25) is 0 Å². The molecule has 17 heavy (non-hydrogen) atoms. The van der Waals surface area contributed by atoms with Crippen LogP contribution in [0.15, 0.2) is 30.5 Å². The second-order valence-corrected chi connectivity index (χ2v) is 5.11. The van der Waals surface area contributed by atoms with E-state index >= 15 is 0 Å². The fourth-order valence-corrected chi connectivity index (χ4v) is 1.71. The van der Waals surface area contributed by atoms with Gasteiger partial charge < -0.3 is 0 Å². The Hall–Kier alpha value is -1.35. The molecule has 0 saturated heterocycles. The number of rotatable bonds is 3. The third-order valence-corrected chi connectivity index (χ3v) is 2.94. The molecular weight excluding hydrogens is 234 g/mol. The van der Waals surface area contributed by atoms with Crippen LogP contribution >= 0.6 is 11.6 Å². The van der Waals surface area contributed by atoms with E-state index in [1.807, 2.05) is 25.3 Å². The molecule has 0 amide bonds. The van der Waals surface area contributed by atoms with Crippen LogP contribution in [0.3, 0.4) is 0 Å². The van der Waals surface area contributed by atoms with E-state index in [1.54, 1.807) is 4.68 Å². The largest absolute Gasteiger partial charge is 0.220 e. The summed E-state index contributed by atoms with van der Waals surface area (Å²) in [6.07, 6.45) is 1.87. The number of hydrogen-bond donors (Lipinski definition) is 0. The van der Waals surface area contributed by atoms with E-state index in [1.165, 1.54) is 5.56 Å². The third kappa shape index (κ3) is 2.67. The highest BCUT2D eigenvalue weighted by Crippen LogP contribution is 2.20. The lowest BCUT2D eigenvalue weighted by Gasteiger charge is -2.07. The van der Waals surface area contributed by atoms with Crippen LogP contribution in [0.1, 0.15) is 43.3 Å². The summed E-state index contributed by atoms with van der Waals surface area (Å²) in [7, 11) is 0. The van der Waals surface area contributed by atoms with Gasteiger partial charge in [0.1, 0.15) is 5.69 Å². The van der Waals surface area contributed by atoms with E-state index < -0.39 is 0 Å². The van der Waals surface area contributed by atoms with Gasteiger partial charge in [0.25, 0.3) is 0 Å². The molecule has 1 heterocycles. The Morgan fingerprint density at radius 3 is 2.59 bits per heavy atom. The zero-order chi connectivity index (χ0) is 12.4. The van der Waals surface area contributed by atoms with Gasteiger partial charge in [0.2, 0.25) is 0 Å². The van der Waals surface area contributed by atoms with Gasteiger partial charge in [0.05, 0.1) is 17.3 Å². The lowest BCUT2D eigenvalue weighted by atomic mass is 10.0. The molecule has 0 N–H and O–H groups in total. The molecule has 1 aromatic carbocycles. The lowest BCUT2D eigenvalue weighted by molar-refractivity contribution is 0.790. The maximum absolute atomic E-state index is 5.97. The summed E-state index contributed by atoms with van der Waals surface area (Å²) in [4.78, 5) is 0. The van der Waals surface area contributed by atoms with Crippen LogP contribution < -0.4 is 0 Å². The number of aromatic nitrogens is 3. The summed E-state index contributed by atoms with van der Waals surface area (Å²) >= 11 is 5.97. The maximum Gasteiger partial charge on any atom is 0.101 e. The van der Waals surface area contributed by atoms with E-state index in [4.69, 9.17) is 11.6 Å². The minimum atomic E-state index is -0.114. The Kier molecular flexibility index (Phi) is 3.48. The summed E-state index contributed by atoms with van der Waals surface area (Å²) in [5.41, 5.74) is 3.10. The summed E-state index contributed by atoms with van der Waals surface area (Å²) < 4.78 is 1.76. The van der Waals surface area contributed by atoms with Crippen molar-refractivity contribution in [1.29, 1.82) is 0 Å². The van der Waals surface area contributed by atoms with Gasteiger partial charge in [0.15, 0.2) is 0 Å². The Morgan fingerprint density at radius 1 is 1.24 bits per heavy atom. The topological polar surface area (TPSA) is 30.7 Å². The Morgan fingerprint density at radius 2 is 2.00 bits per heavy atom. The van der Waals surface area contributed by atoms with Crippen LogP contribution in [0.25, 0.3) is 5.69 Å². The monoisotopic (exact) mass is 249 g/mol. The average Bonchev–Trinajstić information content (AvgIpc) is 2.78. The molecule has 0 radical (unpaired) electrons. The highest BCUT2D eigenvalue weighted by atomic mass is 35.5. The molecule has 0 aliphatic carbocycles. The van der Waals surface area contributed by atoms with E-state index in [-0.39, 0.29) is 5.38 Å². The van der Waals surface area contributed by atoms with Gasteiger partial charge in [-0.2, -0.15) is 0 Å². The number of halogens is 1. The Balaban J connectivity index is 2.35. The average molecular weight is 250 g/mol. The zero-order valence-electron chi connectivity index (χ0n) is 10.3. The molecule has 0 fully saturated rings. The summed E-state index contributed by atoms with van der Waals surface area (Å²) in [5.74, 6) is 0.505. The molecule has 2 rings (SSSR count). The van der Waals surface area contributed by atoms with Gasteiger partial charge >= 0.3 is 0 Å². The second-order valence-electron chi connectivity index (χ2n) is 4.45. The van der Waals surface area contributed by atoms with Crippen molar-refractivity contribution >= 4 is 11.6 Å². The van der Waals surface area contributed by atoms with Crippen molar-refractivity contribution in [2.75, 3.05) is 0 Å². The molecule has 1 unspecified atom stereocenters. The normalized spacial score (nSPS) is 13.0. The molecule has 1 atom stereocenters. The Bertz CT molecular complexity index is 503. The molecule has 0 aliphatic heterocycles. The first-order chi connectivity index (χ1) is 8.08. The smallest absolute Gasteiger partial charge is 0.101 e. The number of nitrogens with zero attached hydrogens (tertiary/aromatic N) is 3. The third-order valence-electron chi connectivity index (χ3n) is 2.72. The second kappa shape index (κ2) is 4.88. The summed E-state index contributed by atoms with van der Waals surface area (Å²) in [6.45, 7) is 6.24. The fourth-order valence-electron chi connectivity index (χ4n) is 1.61. The van der Waals surface area contributed by atoms with Crippen LogP contribution in [-0.2, 0) is 0 Å². The summed E-state index contributed by atoms with van der Waals surface area (Å²) in [5, 5.41) is 8.02. The molecule has 2 aromatic rings. The SMILES string of the molecule is CC(C)c1cccc(-n2cc(C(C)Cl)nn2)c1. The van der Waals surface area contributed by atoms with Crippen LogP contribution in [-0.4, -0.2) is 15.0 Å². The van der Waals surface area contributed by atoms with E-state index in [2.05, 4.69) is 36.3 Å². The lowest BCUT2D eigenvalue weighted by Crippen LogP contribution is -1.97. The number of hydrogen-bond acceptors (Lipinski definition) is 2. The number of benzene rings is 1. The van der Waals surface area contributed by atoms with Crippen molar-refractivity contribution in [2.24, 2.45) is 0 Å². The molecule has 0 saturated carbocycles. The summed E-state index contributed by atoms with van der Waals surface area (Å²) in [6, 6.07) is 8.30. The molecule has 0 bridgehead atoms. The highest BCUT2D eigenvalue weighted by Gasteiger charge is 2.08. The molecule has 4 heteroatoms. The van der Waals surface area contributed by atoms with Crippen molar-refractivity contribution in [3.8, 4) is 5.69 Å². The van der Waals surface area contributed by atoms with Crippen molar-refractivity contribution in [1.82, 2.24) is 15.0 Å². The minimum absolute atomic E-state index is 0.114. The van der Waals surface area contributed by atoms with Gasteiger partial charge in [-0.15, -0.1) is 16.7 Å². The fraction of sp³-hybridized carbons (Fsp3) is 0.385. The molecule has 0 spiro atoms. The molecule has 1 aromatic heterocycles. The van der Waals surface area contributed by atoms with E-state index in [9.17, 15) is 0 Å². The first kappa shape index (κ1) is 12.1. The predicted octanol–water partition coefficient (Wildman–Crippen LogP) is 3.69. The maximum atomic E-state index is 5.97. The van der Waals surface area contributed by atoms with Gasteiger partial charge in [-0.3, -0.25) is 0 Å². The minimum Gasteiger partial charge on any atom is -0.220 e. The molecule has 0 aliphatic rings. The van der Waals surface area contributed by atoms with Crippen molar-refractivity contribution in [2.45, 2.75) is 32.1 Å². The standard InChI is InChI=1S/C13H16ClN3/c1-9(2)11-5-4-6-12(7-11)17-8-13(10(3)14)15-16-17/h4-10H,1-3H3. The van der Waals surface area contributed by atoms with E-state index in [0.29, 0.717) is 5.92 Å².